The molecule has 17 heavy (non-hydrogen) atoms. The second kappa shape index (κ2) is 4.13. The first-order chi connectivity index (χ1) is 8.23. The van der Waals surface area contributed by atoms with Crippen LogP contribution < -0.4 is 5.73 Å². The summed E-state index contributed by atoms with van der Waals surface area (Å²) in [6.07, 6.45) is 11.0. The molecule has 0 atom stereocenters. The van der Waals surface area contributed by atoms with E-state index in [1.165, 1.54) is 56.9 Å². The molecule has 0 heterocycles. The van der Waals surface area contributed by atoms with Crippen molar-refractivity contribution in [2.24, 2.45) is 11.1 Å². The molecule has 0 radical (unpaired) electrons. The molecule has 0 aliphatic heterocycles. The minimum absolute atomic E-state index is 0.0222. The van der Waals surface area contributed by atoms with Crippen LogP contribution in [0.5, 0.6) is 0 Å². The van der Waals surface area contributed by atoms with Crippen molar-refractivity contribution < 1.29 is 0 Å². The highest BCUT2D eigenvalue weighted by Gasteiger charge is 2.52. The average Bonchev–Trinajstić information content (AvgIpc) is 2.55. The standard InChI is InChI=1S/C16H23N/c17-16(14-8-4-3-5-9-14)12-15(13-16)10-6-1-2-7-11-15/h3-5,8-9H,1-2,6-7,10-13,17H2. The molecule has 3 rings (SSSR count). The monoisotopic (exact) mass is 229 g/mol. The van der Waals surface area contributed by atoms with Gasteiger partial charge in [-0.3, -0.25) is 0 Å². The zero-order valence-electron chi connectivity index (χ0n) is 10.6. The molecule has 1 heteroatoms. The fraction of sp³-hybridized carbons (Fsp3) is 0.625. The van der Waals surface area contributed by atoms with Gasteiger partial charge < -0.3 is 5.73 Å². The molecule has 1 aromatic rings. The molecule has 2 aliphatic rings. The SMILES string of the molecule is NC1(c2ccccc2)CC2(CCCCCC2)C1. The Morgan fingerprint density at radius 3 is 2.00 bits per heavy atom. The lowest BCUT2D eigenvalue weighted by atomic mass is 9.53. The maximum Gasteiger partial charge on any atom is 0.0420 e. The summed E-state index contributed by atoms with van der Waals surface area (Å²) >= 11 is 0. The highest BCUT2D eigenvalue weighted by molar-refractivity contribution is 5.29. The molecule has 2 fully saturated rings. The fourth-order valence-corrected chi connectivity index (χ4v) is 4.09. The van der Waals surface area contributed by atoms with E-state index in [1.54, 1.807) is 0 Å². The van der Waals surface area contributed by atoms with E-state index in [9.17, 15) is 0 Å². The lowest BCUT2D eigenvalue weighted by Crippen LogP contribution is -2.55. The summed E-state index contributed by atoms with van der Waals surface area (Å²) in [6.45, 7) is 0. The Bertz CT molecular complexity index is 366. The Labute approximate surface area is 104 Å². The van der Waals surface area contributed by atoms with Crippen LogP contribution in [-0.2, 0) is 5.54 Å². The number of nitrogens with two attached hydrogens (primary N) is 1. The number of rotatable bonds is 1. The minimum Gasteiger partial charge on any atom is -0.321 e. The fourth-order valence-electron chi connectivity index (χ4n) is 4.09. The summed E-state index contributed by atoms with van der Waals surface area (Å²) < 4.78 is 0. The summed E-state index contributed by atoms with van der Waals surface area (Å²) in [4.78, 5) is 0. The number of hydrogen-bond acceptors (Lipinski definition) is 1. The molecule has 0 aromatic heterocycles. The van der Waals surface area contributed by atoms with E-state index in [0.717, 1.165) is 0 Å². The number of benzene rings is 1. The molecule has 2 saturated carbocycles. The predicted octanol–water partition coefficient (Wildman–Crippen LogP) is 3.98. The lowest BCUT2D eigenvalue weighted by Gasteiger charge is -2.55. The van der Waals surface area contributed by atoms with Crippen LogP contribution in [0, 0.1) is 5.41 Å². The summed E-state index contributed by atoms with van der Waals surface area (Å²) in [5.74, 6) is 0. The van der Waals surface area contributed by atoms with Crippen molar-refractivity contribution in [1.82, 2.24) is 0 Å². The van der Waals surface area contributed by atoms with Gasteiger partial charge in [-0.2, -0.15) is 0 Å². The minimum atomic E-state index is -0.0222. The molecular formula is C16H23N. The second-order valence-corrected chi connectivity index (χ2v) is 6.29. The van der Waals surface area contributed by atoms with E-state index in [0.29, 0.717) is 5.41 Å². The van der Waals surface area contributed by atoms with Gasteiger partial charge in [0.2, 0.25) is 0 Å². The molecule has 2 N–H and O–H groups in total. The third kappa shape index (κ3) is 2.01. The van der Waals surface area contributed by atoms with Crippen molar-refractivity contribution in [3.8, 4) is 0 Å². The third-order valence-electron chi connectivity index (χ3n) is 4.89. The molecule has 1 spiro atoms. The third-order valence-corrected chi connectivity index (χ3v) is 4.89. The van der Waals surface area contributed by atoms with Gasteiger partial charge in [0.05, 0.1) is 0 Å². The van der Waals surface area contributed by atoms with Crippen LogP contribution in [0.15, 0.2) is 30.3 Å². The van der Waals surface area contributed by atoms with E-state index >= 15 is 0 Å². The summed E-state index contributed by atoms with van der Waals surface area (Å²) in [5, 5.41) is 0. The lowest BCUT2D eigenvalue weighted by molar-refractivity contribution is 0.00964. The van der Waals surface area contributed by atoms with Crippen LogP contribution in [0.25, 0.3) is 0 Å². The summed E-state index contributed by atoms with van der Waals surface area (Å²) in [7, 11) is 0. The van der Waals surface area contributed by atoms with Crippen LogP contribution in [0.1, 0.15) is 56.9 Å². The van der Waals surface area contributed by atoms with E-state index in [2.05, 4.69) is 30.3 Å². The Balaban J connectivity index is 1.74. The molecule has 1 aromatic carbocycles. The quantitative estimate of drug-likeness (QED) is 0.774. The molecule has 0 saturated heterocycles. The Morgan fingerprint density at radius 2 is 1.41 bits per heavy atom. The van der Waals surface area contributed by atoms with E-state index in [-0.39, 0.29) is 5.54 Å². The Morgan fingerprint density at radius 1 is 0.824 bits per heavy atom. The van der Waals surface area contributed by atoms with Crippen molar-refractivity contribution in [2.45, 2.75) is 56.9 Å². The van der Waals surface area contributed by atoms with Crippen molar-refractivity contribution in [1.29, 1.82) is 0 Å². The molecule has 2 aliphatic carbocycles. The van der Waals surface area contributed by atoms with Crippen molar-refractivity contribution in [3.05, 3.63) is 35.9 Å². The smallest absolute Gasteiger partial charge is 0.0420 e. The van der Waals surface area contributed by atoms with Crippen molar-refractivity contribution >= 4 is 0 Å². The van der Waals surface area contributed by atoms with Gasteiger partial charge in [0.15, 0.2) is 0 Å². The molecular weight excluding hydrogens is 206 g/mol. The van der Waals surface area contributed by atoms with Crippen LogP contribution in [-0.4, -0.2) is 0 Å². The summed E-state index contributed by atoms with van der Waals surface area (Å²) in [6, 6.07) is 10.7. The molecule has 0 unspecified atom stereocenters. The zero-order chi connectivity index (χ0) is 11.8. The van der Waals surface area contributed by atoms with Crippen molar-refractivity contribution in [3.63, 3.8) is 0 Å². The Hall–Kier alpha value is -0.820. The van der Waals surface area contributed by atoms with Crippen LogP contribution in [0.2, 0.25) is 0 Å². The molecule has 1 nitrogen and oxygen atoms in total. The van der Waals surface area contributed by atoms with Crippen LogP contribution in [0.4, 0.5) is 0 Å². The molecule has 0 amide bonds. The van der Waals surface area contributed by atoms with E-state index < -0.39 is 0 Å². The van der Waals surface area contributed by atoms with Gasteiger partial charge in [-0.1, -0.05) is 56.0 Å². The van der Waals surface area contributed by atoms with Crippen LogP contribution >= 0.6 is 0 Å². The topological polar surface area (TPSA) is 26.0 Å². The first-order valence-electron chi connectivity index (χ1n) is 7.07. The van der Waals surface area contributed by atoms with Crippen LogP contribution in [0.3, 0.4) is 0 Å². The highest BCUT2D eigenvalue weighted by Crippen LogP contribution is 2.58. The molecule has 92 valence electrons. The van der Waals surface area contributed by atoms with Gasteiger partial charge in [0, 0.05) is 5.54 Å². The average molecular weight is 229 g/mol. The van der Waals surface area contributed by atoms with Gasteiger partial charge in [0.25, 0.3) is 0 Å². The number of hydrogen-bond donors (Lipinski definition) is 1. The largest absolute Gasteiger partial charge is 0.321 e. The zero-order valence-corrected chi connectivity index (χ0v) is 10.6. The maximum atomic E-state index is 6.58. The van der Waals surface area contributed by atoms with Gasteiger partial charge in [-0.05, 0) is 36.7 Å². The van der Waals surface area contributed by atoms with Gasteiger partial charge >= 0.3 is 0 Å². The Kier molecular flexibility index (Phi) is 2.74. The van der Waals surface area contributed by atoms with Gasteiger partial charge in [0.1, 0.15) is 0 Å². The van der Waals surface area contributed by atoms with Crippen molar-refractivity contribution in [2.75, 3.05) is 0 Å². The summed E-state index contributed by atoms with van der Waals surface area (Å²) in [5.41, 5.74) is 8.50. The predicted molar refractivity (Wildman–Crippen MR) is 71.7 cm³/mol. The van der Waals surface area contributed by atoms with Gasteiger partial charge in [-0.15, -0.1) is 0 Å². The first-order valence-corrected chi connectivity index (χ1v) is 7.07. The maximum absolute atomic E-state index is 6.58. The van der Waals surface area contributed by atoms with E-state index in [1.807, 2.05) is 0 Å². The van der Waals surface area contributed by atoms with Gasteiger partial charge in [-0.25, -0.2) is 0 Å². The highest BCUT2D eigenvalue weighted by atomic mass is 14.8. The molecule has 0 bridgehead atoms. The second-order valence-electron chi connectivity index (χ2n) is 6.29. The normalized spacial score (nSPS) is 26.2. The first kappa shape index (κ1) is 11.3. The van der Waals surface area contributed by atoms with E-state index in [4.69, 9.17) is 5.73 Å².